The van der Waals surface area contributed by atoms with E-state index in [1.165, 1.54) is 7.05 Å². The number of rotatable bonds is 7. The highest BCUT2D eigenvalue weighted by Crippen LogP contribution is 2.13. The highest BCUT2D eigenvalue weighted by molar-refractivity contribution is 7.88. The van der Waals surface area contributed by atoms with Crippen molar-refractivity contribution < 1.29 is 17.9 Å². The number of benzene rings is 2. The number of hydrogen-bond acceptors (Lipinski definition) is 4. The van der Waals surface area contributed by atoms with E-state index in [0.717, 1.165) is 5.56 Å². The molecule has 0 fully saturated rings. The Labute approximate surface area is 141 Å². The van der Waals surface area contributed by atoms with Crippen LogP contribution >= 0.6 is 0 Å². The quantitative estimate of drug-likeness (QED) is 0.797. The molecule has 2 rings (SSSR count). The van der Waals surface area contributed by atoms with Crippen LogP contribution in [0.3, 0.4) is 0 Å². The van der Waals surface area contributed by atoms with Gasteiger partial charge in [-0.15, -0.1) is 0 Å². The maximum Gasteiger partial charge on any atom is 0.251 e. The maximum absolute atomic E-state index is 12.1. The SMILES string of the molecule is CNS(=O)(=O)Cc1ccc(CNC(=O)c2cccc(OC)c2)cc1. The molecule has 0 atom stereocenters. The Hall–Kier alpha value is -2.38. The number of amides is 1. The molecule has 0 saturated carbocycles. The van der Waals surface area contributed by atoms with Gasteiger partial charge in [-0.05, 0) is 36.4 Å². The molecule has 0 unspecified atom stereocenters. The van der Waals surface area contributed by atoms with Gasteiger partial charge in [-0.25, -0.2) is 13.1 Å². The summed E-state index contributed by atoms with van der Waals surface area (Å²) in [6.07, 6.45) is 0. The number of carbonyl (C=O) groups excluding carboxylic acids is 1. The van der Waals surface area contributed by atoms with Crippen LogP contribution in [0.2, 0.25) is 0 Å². The van der Waals surface area contributed by atoms with Crippen LogP contribution in [0.25, 0.3) is 0 Å². The van der Waals surface area contributed by atoms with Crippen LogP contribution in [0.5, 0.6) is 5.75 Å². The summed E-state index contributed by atoms with van der Waals surface area (Å²) >= 11 is 0. The van der Waals surface area contributed by atoms with Crippen molar-refractivity contribution >= 4 is 15.9 Å². The van der Waals surface area contributed by atoms with Crippen molar-refractivity contribution in [2.75, 3.05) is 14.2 Å². The summed E-state index contributed by atoms with van der Waals surface area (Å²) in [6, 6.07) is 14.0. The zero-order valence-electron chi connectivity index (χ0n) is 13.6. The average Bonchev–Trinajstić information content (AvgIpc) is 2.60. The first-order chi connectivity index (χ1) is 11.4. The lowest BCUT2D eigenvalue weighted by atomic mass is 10.1. The third-order valence-electron chi connectivity index (χ3n) is 3.48. The van der Waals surface area contributed by atoms with Crippen LogP contribution in [0.4, 0.5) is 0 Å². The van der Waals surface area contributed by atoms with E-state index in [1.807, 2.05) is 0 Å². The van der Waals surface area contributed by atoms with Crippen LogP contribution in [-0.4, -0.2) is 28.5 Å². The molecule has 6 nitrogen and oxygen atoms in total. The average molecular weight is 348 g/mol. The molecule has 0 spiro atoms. The second-order valence-corrected chi connectivity index (χ2v) is 7.12. The van der Waals surface area contributed by atoms with Crippen molar-refractivity contribution in [3.05, 3.63) is 65.2 Å². The van der Waals surface area contributed by atoms with E-state index in [-0.39, 0.29) is 11.7 Å². The summed E-state index contributed by atoms with van der Waals surface area (Å²) in [5, 5.41) is 2.82. The topological polar surface area (TPSA) is 84.5 Å². The Morgan fingerprint density at radius 3 is 2.38 bits per heavy atom. The predicted molar refractivity (Wildman–Crippen MR) is 92.3 cm³/mol. The molecule has 24 heavy (non-hydrogen) atoms. The van der Waals surface area contributed by atoms with Gasteiger partial charge in [0, 0.05) is 12.1 Å². The van der Waals surface area contributed by atoms with Crippen LogP contribution in [0.15, 0.2) is 48.5 Å². The molecule has 0 aliphatic rings. The van der Waals surface area contributed by atoms with Crippen molar-refractivity contribution in [3.8, 4) is 5.75 Å². The fourth-order valence-electron chi connectivity index (χ4n) is 2.09. The molecule has 0 aliphatic carbocycles. The van der Waals surface area contributed by atoms with Gasteiger partial charge in [-0.3, -0.25) is 4.79 Å². The lowest BCUT2D eigenvalue weighted by Crippen LogP contribution is -2.23. The molecule has 128 valence electrons. The first-order valence-electron chi connectivity index (χ1n) is 7.35. The van der Waals surface area contributed by atoms with Crippen LogP contribution in [-0.2, 0) is 22.3 Å². The Morgan fingerprint density at radius 2 is 1.75 bits per heavy atom. The van der Waals surface area contributed by atoms with Gasteiger partial charge in [0.2, 0.25) is 10.0 Å². The number of methoxy groups -OCH3 is 1. The Bertz CT molecular complexity index is 802. The first kappa shape index (κ1) is 18.0. The largest absolute Gasteiger partial charge is 0.497 e. The van der Waals surface area contributed by atoms with Crippen molar-refractivity contribution in [2.45, 2.75) is 12.3 Å². The Morgan fingerprint density at radius 1 is 1.08 bits per heavy atom. The molecule has 0 bridgehead atoms. The number of nitrogens with one attached hydrogen (secondary N) is 2. The van der Waals surface area contributed by atoms with Gasteiger partial charge in [0.25, 0.3) is 5.91 Å². The van der Waals surface area contributed by atoms with E-state index in [1.54, 1.807) is 55.6 Å². The minimum atomic E-state index is -3.29. The number of carbonyl (C=O) groups is 1. The van der Waals surface area contributed by atoms with Crippen LogP contribution in [0.1, 0.15) is 21.5 Å². The highest BCUT2D eigenvalue weighted by Gasteiger charge is 2.09. The summed E-state index contributed by atoms with van der Waals surface area (Å²) in [7, 11) is -0.350. The summed E-state index contributed by atoms with van der Waals surface area (Å²) in [5.74, 6) is 0.355. The van der Waals surface area contributed by atoms with Gasteiger partial charge < -0.3 is 10.1 Å². The molecular weight excluding hydrogens is 328 g/mol. The molecule has 0 radical (unpaired) electrons. The molecule has 0 saturated heterocycles. The second kappa shape index (κ2) is 7.94. The van der Waals surface area contributed by atoms with Gasteiger partial charge in [0.1, 0.15) is 5.75 Å². The smallest absolute Gasteiger partial charge is 0.251 e. The van der Waals surface area contributed by atoms with Gasteiger partial charge in [-0.2, -0.15) is 0 Å². The lowest BCUT2D eigenvalue weighted by molar-refractivity contribution is 0.0950. The van der Waals surface area contributed by atoms with E-state index in [2.05, 4.69) is 10.0 Å². The van der Waals surface area contributed by atoms with Crippen LogP contribution < -0.4 is 14.8 Å². The molecule has 2 N–H and O–H groups in total. The van der Waals surface area contributed by atoms with E-state index in [0.29, 0.717) is 23.4 Å². The summed E-state index contributed by atoms with van der Waals surface area (Å²) in [5.41, 5.74) is 2.09. The summed E-state index contributed by atoms with van der Waals surface area (Å²) < 4.78 is 30.4. The van der Waals surface area contributed by atoms with Crippen molar-refractivity contribution in [1.29, 1.82) is 0 Å². The third-order valence-corrected chi connectivity index (χ3v) is 4.81. The van der Waals surface area contributed by atoms with Gasteiger partial charge in [0.05, 0.1) is 12.9 Å². The second-order valence-electron chi connectivity index (χ2n) is 5.19. The summed E-state index contributed by atoms with van der Waals surface area (Å²) in [6.45, 7) is 0.356. The predicted octanol–water partition coefficient (Wildman–Crippen LogP) is 1.67. The zero-order chi connectivity index (χ0) is 17.6. The standard InChI is InChI=1S/C17H20N2O4S/c1-18-24(21,22)12-14-8-6-13(7-9-14)11-19-17(20)15-4-3-5-16(10-15)23-2/h3-10,18H,11-12H2,1-2H3,(H,19,20). The fraction of sp³-hybridized carbons (Fsp3) is 0.235. The number of ether oxygens (including phenoxy) is 1. The van der Waals surface area contributed by atoms with Gasteiger partial charge >= 0.3 is 0 Å². The van der Waals surface area contributed by atoms with E-state index in [4.69, 9.17) is 4.74 Å². The molecule has 2 aromatic carbocycles. The van der Waals surface area contributed by atoms with Crippen molar-refractivity contribution in [2.24, 2.45) is 0 Å². The highest BCUT2D eigenvalue weighted by atomic mass is 32.2. The number of hydrogen-bond donors (Lipinski definition) is 2. The summed E-state index contributed by atoms with van der Waals surface area (Å²) in [4.78, 5) is 12.1. The first-order valence-corrected chi connectivity index (χ1v) is 9.00. The zero-order valence-corrected chi connectivity index (χ0v) is 14.4. The minimum absolute atomic E-state index is 0.0695. The van der Waals surface area contributed by atoms with Crippen LogP contribution in [0, 0.1) is 0 Å². The van der Waals surface area contributed by atoms with Gasteiger partial charge in [-0.1, -0.05) is 30.3 Å². The van der Waals surface area contributed by atoms with E-state index >= 15 is 0 Å². The molecule has 0 heterocycles. The molecule has 7 heteroatoms. The van der Waals surface area contributed by atoms with E-state index < -0.39 is 10.0 Å². The monoisotopic (exact) mass is 348 g/mol. The third kappa shape index (κ3) is 5.07. The molecule has 1 amide bonds. The molecule has 0 aliphatic heterocycles. The van der Waals surface area contributed by atoms with Gasteiger partial charge in [0.15, 0.2) is 0 Å². The molecule has 2 aromatic rings. The van der Waals surface area contributed by atoms with E-state index in [9.17, 15) is 13.2 Å². The maximum atomic E-state index is 12.1. The lowest BCUT2D eigenvalue weighted by Gasteiger charge is -2.08. The van der Waals surface area contributed by atoms with Crippen molar-refractivity contribution in [1.82, 2.24) is 10.0 Å². The number of sulfonamides is 1. The fourth-order valence-corrected chi connectivity index (χ4v) is 2.87. The normalized spacial score (nSPS) is 11.1. The Kier molecular flexibility index (Phi) is 5.94. The van der Waals surface area contributed by atoms with Crippen molar-refractivity contribution in [3.63, 3.8) is 0 Å². The molecule has 0 aromatic heterocycles. The Balaban J connectivity index is 1.95. The minimum Gasteiger partial charge on any atom is -0.497 e. The molecular formula is C17H20N2O4S.